The Bertz CT molecular complexity index is 950. The Morgan fingerprint density at radius 3 is 2.81 bits per heavy atom. The zero-order valence-electron chi connectivity index (χ0n) is 14.5. The molecule has 4 rings (SSSR count). The molecule has 0 aliphatic carbocycles. The first-order valence-corrected chi connectivity index (χ1v) is 8.78. The smallest absolute Gasteiger partial charge is 0.298 e. The number of hydrogen-bond donors (Lipinski definition) is 0. The maximum absolute atomic E-state index is 13.6. The van der Waals surface area contributed by atoms with Crippen molar-refractivity contribution in [1.82, 2.24) is 19.5 Å². The number of hydrogen-bond acceptors (Lipinski definition) is 3. The molecule has 0 N–H and O–H groups in total. The number of nitrogens with zero attached hydrogens (tertiary/aromatic N) is 4. The first-order valence-electron chi connectivity index (χ1n) is 8.78. The Balaban J connectivity index is 1.51. The number of likely N-dealkylation sites (tertiary alicyclic amines) is 1. The van der Waals surface area contributed by atoms with Crippen molar-refractivity contribution in [1.29, 1.82) is 0 Å². The van der Waals surface area contributed by atoms with Crippen molar-refractivity contribution < 1.29 is 17.6 Å². The lowest BCUT2D eigenvalue weighted by Gasteiger charge is -2.32. The minimum Gasteiger partial charge on any atom is -0.298 e. The quantitative estimate of drug-likeness (QED) is 0.639. The molecule has 1 aromatic carbocycles. The van der Waals surface area contributed by atoms with Gasteiger partial charge in [0.15, 0.2) is 5.65 Å². The van der Waals surface area contributed by atoms with Gasteiger partial charge in [0.1, 0.15) is 5.82 Å². The third-order valence-electron chi connectivity index (χ3n) is 4.89. The SMILES string of the molecule is Fc1cc(CN2CCCC(c3ccc4nccn4n3)C2)cc(C(F)(F)F)c1. The first kappa shape index (κ1) is 17.9. The fourth-order valence-corrected chi connectivity index (χ4v) is 3.65. The van der Waals surface area contributed by atoms with E-state index in [-0.39, 0.29) is 12.5 Å². The van der Waals surface area contributed by atoms with E-state index in [9.17, 15) is 17.6 Å². The molecular formula is C19H18F4N4. The third kappa shape index (κ3) is 3.95. The number of halogens is 4. The molecule has 27 heavy (non-hydrogen) atoms. The van der Waals surface area contributed by atoms with Crippen LogP contribution in [0, 0.1) is 5.82 Å². The number of aromatic nitrogens is 3. The normalized spacial score (nSPS) is 18.9. The second kappa shape index (κ2) is 6.92. The number of benzene rings is 1. The second-order valence-corrected chi connectivity index (χ2v) is 6.91. The summed E-state index contributed by atoms with van der Waals surface area (Å²) in [6, 6.07) is 6.59. The van der Waals surface area contributed by atoms with Gasteiger partial charge in [-0.2, -0.15) is 18.3 Å². The van der Waals surface area contributed by atoms with E-state index in [0.717, 1.165) is 36.8 Å². The molecule has 0 spiro atoms. The molecule has 1 aliphatic heterocycles. The van der Waals surface area contributed by atoms with E-state index in [0.29, 0.717) is 18.2 Å². The molecule has 1 aliphatic rings. The van der Waals surface area contributed by atoms with Crippen LogP contribution < -0.4 is 0 Å². The topological polar surface area (TPSA) is 33.4 Å². The van der Waals surface area contributed by atoms with Crippen molar-refractivity contribution in [2.24, 2.45) is 0 Å². The molecule has 1 atom stereocenters. The van der Waals surface area contributed by atoms with Gasteiger partial charge in [-0.3, -0.25) is 4.90 Å². The van der Waals surface area contributed by atoms with Gasteiger partial charge in [0.05, 0.1) is 11.3 Å². The van der Waals surface area contributed by atoms with Gasteiger partial charge in [0, 0.05) is 31.4 Å². The van der Waals surface area contributed by atoms with Gasteiger partial charge >= 0.3 is 6.18 Å². The molecule has 142 valence electrons. The summed E-state index contributed by atoms with van der Waals surface area (Å²) < 4.78 is 54.1. The van der Waals surface area contributed by atoms with Gasteiger partial charge in [-0.05, 0) is 55.3 Å². The molecule has 3 heterocycles. The predicted octanol–water partition coefficient (Wildman–Crippen LogP) is 4.27. The number of alkyl halides is 3. The lowest BCUT2D eigenvalue weighted by molar-refractivity contribution is -0.137. The van der Waals surface area contributed by atoms with E-state index >= 15 is 0 Å². The van der Waals surface area contributed by atoms with Gasteiger partial charge in [-0.1, -0.05) is 0 Å². The van der Waals surface area contributed by atoms with Crippen molar-refractivity contribution in [2.75, 3.05) is 13.1 Å². The molecule has 2 aromatic heterocycles. The van der Waals surface area contributed by atoms with Crippen LogP contribution in [0.2, 0.25) is 0 Å². The van der Waals surface area contributed by atoms with Crippen LogP contribution in [-0.2, 0) is 12.7 Å². The maximum Gasteiger partial charge on any atom is 0.416 e. The lowest BCUT2D eigenvalue weighted by Crippen LogP contribution is -2.34. The van der Waals surface area contributed by atoms with Crippen LogP contribution in [0.25, 0.3) is 5.65 Å². The Morgan fingerprint density at radius 2 is 2.00 bits per heavy atom. The van der Waals surface area contributed by atoms with Gasteiger partial charge in [0.25, 0.3) is 0 Å². The fourth-order valence-electron chi connectivity index (χ4n) is 3.65. The Kier molecular flexibility index (Phi) is 4.59. The second-order valence-electron chi connectivity index (χ2n) is 6.91. The van der Waals surface area contributed by atoms with Crippen molar-refractivity contribution in [3.63, 3.8) is 0 Å². The van der Waals surface area contributed by atoms with E-state index in [1.807, 2.05) is 12.1 Å². The third-order valence-corrected chi connectivity index (χ3v) is 4.89. The molecule has 3 aromatic rings. The summed E-state index contributed by atoms with van der Waals surface area (Å²) in [4.78, 5) is 6.23. The number of imidazole rings is 1. The number of piperidine rings is 1. The highest BCUT2D eigenvalue weighted by molar-refractivity contribution is 5.37. The first-order chi connectivity index (χ1) is 12.9. The maximum atomic E-state index is 13.6. The average Bonchev–Trinajstić information content (AvgIpc) is 3.08. The minimum atomic E-state index is -4.55. The number of fused-ring (bicyclic) bond motifs is 1. The van der Waals surface area contributed by atoms with Crippen LogP contribution in [-0.4, -0.2) is 32.6 Å². The van der Waals surface area contributed by atoms with Gasteiger partial charge in [0.2, 0.25) is 0 Å². The number of rotatable bonds is 3. The molecule has 1 fully saturated rings. The Morgan fingerprint density at radius 1 is 1.15 bits per heavy atom. The molecule has 4 nitrogen and oxygen atoms in total. The molecule has 0 bridgehead atoms. The molecule has 0 amide bonds. The van der Waals surface area contributed by atoms with E-state index < -0.39 is 17.6 Å². The van der Waals surface area contributed by atoms with Crippen LogP contribution in [0.3, 0.4) is 0 Å². The minimum absolute atomic E-state index is 0.182. The standard InChI is InChI=1S/C19H18F4N4/c20-16-9-13(8-15(10-16)19(21,22)23)11-26-6-1-2-14(12-26)17-3-4-18-24-5-7-27(18)25-17/h3-5,7-10,14H,1-2,6,11-12H2. The zero-order chi connectivity index (χ0) is 19.0. The highest BCUT2D eigenvalue weighted by Crippen LogP contribution is 2.31. The van der Waals surface area contributed by atoms with E-state index in [1.165, 1.54) is 6.07 Å². The molecular weight excluding hydrogens is 360 g/mol. The summed E-state index contributed by atoms with van der Waals surface area (Å²) >= 11 is 0. The van der Waals surface area contributed by atoms with Crippen LogP contribution in [0.15, 0.2) is 42.7 Å². The molecule has 0 saturated carbocycles. The van der Waals surface area contributed by atoms with Crippen molar-refractivity contribution in [2.45, 2.75) is 31.5 Å². The lowest BCUT2D eigenvalue weighted by atomic mass is 9.94. The summed E-state index contributed by atoms with van der Waals surface area (Å²) in [7, 11) is 0. The van der Waals surface area contributed by atoms with E-state index in [1.54, 1.807) is 16.9 Å². The largest absolute Gasteiger partial charge is 0.416 e. The highest BCUT2D eigenvalue weighted by Gasteiger charge is 2.31. The predicted molar refractivity (Wildman–Crippen MR) is 91.6 cm³/mol. The van der Waals surface area contributed by atoms with Crippen LogP contribution in [0.4, 0.5) is 17.6 Å². The average molecular weight is 378 g/mol. The summed E-state index contributed by atoms with van der Waals surface area (Å²) in [6.07, 6.45) is 0.786. The van der Waals surface area contributed by atoms with Crippen LogP contribution in [0.1, 0.15) is 35.6 Å². The van der Waals surface area contributed by atoms with Crippen LogP contribution >= 0.6 is 0 Å². The molecule has 8 heteroatoms. The zero-order valence-corrected chi connectivity index (χ0v) is 14.5. The van der Waals surface area contributed by atoms with E-state index in [4.69, 9.17) is 0 Å². The summed E-state index contributed by atoms with van der Waals surface area (Å²) in [6.45, 7) is 1.72. The van der Waals surface area contributed by atoms with Crippen molar-refractivity contribution in [3.8, 4) is 0 Å². The van der Waals surface area contributed by atoms with Crippen molar-refractivity contribution in [3.05, 3.63) is 65.4 Å². The molecule has 1 saturated heterocycles. The monoisotopic (exact) mass is 378 g/mol. The van der Waals surface area contributed by atoms with E-state index in [2.05, 4.69) is 15.0 Å². The summed E-state index contributed by atoms with van der Waals surface area (Å²) in [5.74, 6) is -0.679. The summed E-state index contributed by atoms with van der Waals surface area (Å²) in [5.41, 5.74) is 1.09. The van der Waals surface area contributed by atoms with Crippen LogP contribution in [0.5, 0.6) is 0 Å². The van der Waals surface area contributed by atoms with Gasteiger partial charge in [-0.15, -0.1) is 0 Å². The highest BCUT2D eigenvalue weighted by atomic mass is 19.4. The van der Waals surface area contributed by atoms with Crippen molar-refractivity contribution >= 4 is 5.65 Å². The molecule has 0 radical (unpaired) electrons. The Hall–Kier alpha value is -2.48. The van der Waals surface area contributed by atoms with Gasteiger partial charge in [-0.25, -0.2) is 13.9 Å². The van der Waals surface area contributed by atoms with Gasteiger partial charge < -0.3 is 0 Å². The summed E-state index contributed by atoms with van der Waals surface area (Å²) in [5, 5.41) is 4.58. The Labute approximate surface area is 153 Å². The molecule has 1 unspecified atom stereocenters. The fraction of sp³-hybridized carbons (Fsp3) is 0.368.